The molecule has 0 aromatic carbocycles. The van der Waals surface area contributed by atoms with Crippen LogP contribution in [-0.2, 0) is 23.7 Å². The van der Waals surface area contributed by atoms with Gasteiger partial charge >= 0.3 is 0 Å². The van der Waals surface area contributed by atoms with Crippen molar-refractivity contribution in [3.63, 3.8) is 0 Å². The molecule has 14 heteroatoms. The van der Waals surface area contributed by atoms with Gasteiger partial charge in [0.05, 0.1) is 32.0 Å². The van der Waals surface area contributed by atoms with E-state index in [0.29, 0.717) is 12.8 Å². The van der Waals surface area contributed by atoms with Gasteiger partial charge < -0.3 is 65.1 Å². The number of aliphatic hydroxyl groups is 8. The molecule has 0 bridgehead atoms. The molecule has 302 valence electrons. The van der Waals surface area contributed by atoms with Gasteiger partial charge in [-0.25, -0.2) is 0 Å². The Kier molecular flexibility index (Phi) is 24.0. The van der Waals surface area contributed by atoms with Crippen molar-refractivity contribution in [2.75, 3.05) is 19.8 Å². The SMILES string of the molecule is C/C=C/CC/C=C/CC/C=C/C(O)C(COC1OC(CO)C(OC2OC(CO)C(O)C(O)C2O)C(O)C1O)NC(=O)CCCCCCCCCCC. The van der Waals surface area contributed by atoms with E-state index in [-0.39, 0.29) is 18.9 Å². The number of unbranched alkanes of at least 4 members (excludes halogenated alkanes) is 10. The van der Waals surface area contributed by atoms with Crippen molar-refractivity contribution in [3.8, 4) is 0 Å². The Hall–Kier alpha value is -1.79. The fourth-order valence-corrected chi connectivity index (χ4v) is 6.15. The van der Waals surface area contributed by atoms with Crippen LogP contribution >= 0.6 is 0 Å². The van der Waals surface area contributed by atoms with Gasteiger partial charge in [0.15, 0.2) is 12.6 Å². The Morgan fingerprint density at radius 3 is 1.88 bits per heavy atom. The lowest BCUT2D eigenvalue weighted by Gasteiger charge is -2.46. The van der Waals surface area contributed by atoms with Gasteiger partial charge in [-0.1, -0.05) is 94.7 Å². The van der Waals surface area contributed by atoms with E-state index in [1.54, 1.807) is 6.08 Å². The Balaban J connectivity index is 2.00. The smallest absolute Gasteiger partial charge is 0.220 e. The molecule has 2 aliphatic rings. The Labute approximate surface area is 309 Å². The molecule has 52 heavy (non-hydrogen) atoms. The normalized spacial score (nSPS) is 31.1. The van der Waals surface area contributed by atoms with Crippen LogP contribution in [0.25, 0.3) is 0 Å². The topological polar surface area (TPSA) is 228 Å². The summed E-state index contributed by atoms with van der Waals surface area (Å²) >= 11 is 0. The third-order valence-electron chi connectivity index (χ3n) is 9.40. The van der Waals surface area contributed by atoms with Crippen molar-refractivity contribution in [2.45, 2.75) is 177 Å². The Morgan fingerprint density at radius 2 is 1.27 bits per heavy atom. The molecule has 2 fully saturated rings. The molecule has 0 aliphatic carbocycles. The van der Waals surface area contributed by atoms with Crippen LogP contribution in [0.5, 0.6) is 0 Å². The molecule has 2 heterocycles. The van der Waals surface area contributed by atoms with E-state index in [4.69, 9.17) is 18.9 Å². The first-order valence-electron chi connectivity index (χ1n) is 19.2. The van der Waals surface area contributed by atoms with Crippen molar-refractivity contribution in [1.29, 1.82) is 0 Å². The first-order chi connectivity index (χ1) is 25.1. The fraction of sp³-hybridized carbons (Fsp3) is 0.816. The average Bonchev–Trinajstić information content (AvgIpc) is 3.14. The quantitative estimate of drug-likeness (QED) is 0.0454. The van der Waals surface area contributed by atoms with Gasteiger partial charge in [-0.2, -0.15) is 0 Å². The molecule has 2 aliphatic heterocycles. The highest BCUT2D eigenvalue weighted by molar-refractivity contribution is 5.76. The molecule has 2 rings (SSSR count). The second-order valence-corrected chi connectivity index (χ2v) is 13.7. The van der Waals surface area contributed by atoms with Crippen LogP contribution in [0.4, 0.5) is 0 Å². The second kappa shape index (κ2) is 26.9. The minimum Gasteiger partial charge on any atom is -0.394 e. The number of hydrogen-bond donors (Lipinski definition) is 9. The Bertz CT molecular complexity index is 1020. The molecule has 0 aromatic rings. The van der Waals surface area contributed by atoms with Crippen LogP contribution in [0.2, 0.25) is 0 Å². The van der Waals surface area contributed by atoms with E-state index in [2.05, 4.69) is 30.5 Å². The molecule has 1 amide bonds. The summed E-state index contributed by atoms with van der Waals surface area (Å²) in [4.78, 5) is 12.9. The maximum Gasteiger partial charge on any atom is 0.220 e. The minimum absolute atomic E-state index is 0.264. The molecule has 12 atom stereocenters. The van der Waals surface area contributed by atoms with Gasteiger partial charge in [-0.05, 0) is 39.0 Å². The first-order valence-corrected chi connectivity index (χ1v) is 19.2. The third kappa shape index (κ3) is 16.3. The van der Waals surface area contributed by atoms with Crippen molar-refractivity contribution >= 4 is 5.91 Å². The standard InChI is InChI=1S/C38H67NO13/c1-3-5-7-9-11-13-15-17-19-21-27(42)26(39-30(43)22-20-18-16-14-12-10-8-6-4-2)25-49-37-35(48)33(46)36(29(24-41)51-37)52-38-34(47)32(45)31(44)28(23-40)50-38/h3,5,11,13,19,21,26-29,31-38,40-42,44-48H,4,6-10,12,14-18,20,22-25H2,1-2H3,(H,39,43)/b5-3+,13-11+,21-19+. The number of ether oxygens (including phenoxy) is 4. The second-order valence-electron chi connectivity index (χ2n) is 13.7. The zero-order valence-electron chi connectivity index (χ0n) is 31.0. The van der Waals surface area contributed by atoms with Gasteiger partial charge in [0.2, 0.25) is 5.91 Å². The van der Waals surface area contributed by atoms with E-state index >= 15 is 0 Å². The van der Waals surface area contributed by atoms with Gasteiger partial charge in [0, 0.05) is 6.42 Å². The molecular weight excluding hydrogens is 678 g/mol. The number of carbonyl (C=O) groups is 1. The van der Waals surface area contributed by atoms with Crippen LogP contribution in [0.15, 0.2) is 36.5 Å². The van der Waals surface area contributed by atoms with E-state index in [9.17, 15) is 45.6 Å². The Morgan fingerprint density at radius 1 is 0.712 bits per heavy atom. The molecule has 2 saturated heterocycles. The lowest BCUT2D eigenvalue weighted by atomic mass is 9.97. The lowest BCUT2D eigenvalue weighted by molar-refractivity contribution is -0.359. The third-order valence-corrected chi connectivity index (χ3v) is 9.40. The van der Waals surface area contributed by atoms with Crippen molar-refractivity contribution in [2.24, 2.45) is 0 Å². The first kappa shape index (κ1) is 46.4. The highest BCUT2D eigenvalue weighted by atomic mass is 16.7. The van der Waals surface area contributed by atoms with Crippen molar-refractivity contribution in [3.05, 3.63) is 36.5 Å². The number of nitrogens with one attached hydrogen (secondary N) is 1. The van der Waals surface area contributed by atoms with Crippen LogP contribution in [0.3, 0.4) is 0 Å². The number of aliphatic hydroxyl groups excluding tert-OH is 8. The van der Waals surface area contributed by atoms with Gasteiger partial charge in [-0.15, -0.1) is 0 Å². The summed E-state index contributed by atoms with van der Waals surface area (Å²) < 4.78 is 22.4. The van der Waals surface area contributed by atoms with Gasteiger partial charge in [0.1, 0.15) is 48.8 Å². The molecule has 9 N–H and O–H groups in total. The van der Waals surface area contributed by atoms with Crippen LogP contribution in [0, 0.1) is 0 Å². The fourth-order valence-electron chi connectivity index (χ4n) is 6.15. The summed E-state index contributed by atoms with van der Waals surface area (Å²) in [5.41, 5.74) is 0. The van der Waals surface area contributed by atoms with Gasteiger partial charge in [-0.3, -0.25) is 4.79 Å². The molecule has 0 spiro atoms. The molecule has 0 saturated carbocycles. The van der Waals surface area contributed by atoms with E-state index in [1.165, 1.54) is 32.1 Å². The molecule has 14 nitrogen and oxygen atoms in total. The van der Waals surface area contributed by atoms with Crippen LogP contribution < -0.4 is 5.32 Å². The number of rotatable bonds is 26. The number of amides is 1. The lowest BCUT2D eigenvalue weighted by Crippen LogP contribution is -2.65. The summed E-state index contributed by atoms with van der Waals surface area (Å²) in [7, 11) is 0. The molecule has 0 aromatic heterocycles. The maximum absolute atomic E-state index is 12.9. The number of hydrogen-bond acceptors (Lipinski definition) is 13. The van der Waals surface area contributed by atoms with Crippen molar-refractivity contribution in [1.82, 2.24) is 5.32 Å². The molecular formula is C38H67NO13. The summed E-state index contributed by atoms with van der Waals surface area (Å²) in [6.45, 7) is 2.43. The number of carbonyl (C=O) groups excluding carboxylic acids is 1. The zero-order valence-corrected chi connectivity index (χ0v) is 31.0. The van der Waals surface area contributed by atoms with Gasteiger partial charge in [0.25, 0.3) is 0 Å². The van der Waals surface area contributed by atoms with E-state index < -0.39 is 86.8 Å². The summed E-state index contributed by atoms with van der Waals surface area (Å²) in [6.07, 6.45) is 8.23. The van der Waals surface area contributed by atoms with Crippen molar-refractivity contribution < 1.29 is 64.6 Å². The number of allylic oxidation sites excluding steroid dienone is 5. The minimum atomic E-state index is -1.79. The van der Waals surface area contributed by atoms with E-state index in [1.807, 2.05) is 19.1 Å². The monoisotopic (exact) mass is 745 g/mol. The molecule has 0 radical (unpaired) electrons. The predicted molar refractivity (Wildman–Crippen MR) is 194 cm³/mol. The predicted octanol–water partition coefficient (Wildman–Crippen LogP) is 1.64. The summed E-state index contributed by atoms with van der Waals surface area (Å²) in [5, 5.41) is 85.8. The highest BCUT2D eigenvalue weighted by Crippen LogP contribution is 2.29. The van der Waals surface area contributed by atoms with Crippen LogP contribution in [0.1, 0.15) is 104 Å². The maximum atomic E-state index is 12.9. The highest BCUT2D eigenvalue weighted by Gasteiger charge is 2.50. The summed E-state index contributed by atoms with van der Waals surface area (Å²) in [5.74, 6) is -0.264. The van der Waals surface area contributed by atoms with Crippen LogP contribution in [-0.4, -0.2) is 140 Å². The molecule has 12 unspecified atom stereocenters. The largest absolute Gasteiger partial charge is 0.394 e. The zero-order chi connectivity index (χ0) is 38.3. The average molecular weight is 746 g/mol. The van der Waals surface area contributed by atoms with E-state index in [0.717, 1.165) is 38.5 Å². The summed E-state index contributed by atoms with van der Waals surface area (Å²) in [6, 6.07) is -0.928.